The number of rotatable bonds is 5. The monoisotopic (exact) mass is 239 g/mol. The van der Waals surface area contributed by atoms with Gasteiger partial charge >= 0.3 is 0 Å². The lowest BCUT2D eigenvalue weighted by molar-refractivity contribution is 0.415. The smallest absolute Gasteiger partial charge is 0.120 e. The molecule has 0 amide bonds. The minimum absolute atomic E-state index is 0.0957. The Morgan fingerprint density at radius 3 is 2.56 bits per heavy atom. The highest BCUT2D eigenvalue weighted by Gasteiger charge is 2.06. The predicted molar refractivity (Wildman–Crippen MR) is 76.0 cm³/mol. The Morgan fingerprint density at radius 2 is 1.89 bits per heavy atom. The summed E-state index contributed by atoms with van der Waals surface area (Å²) in [5.74, 6) is 0.843. The van der Waals surface area contributed by atoms with Gasteiger partial charge in [0, 0.05) is 11.8 Å². The number of hydrogen-bond donors (Lipinski definition) is 1. The van der Waals surface area contributed by atoms with Crippen molar-refractivity contribution in [1.29, 1.82) is 0 Å². The summed E-state index contributed by atoms with van der Waals surface area (Å²) in [4.78, 5) is 0. The van der Waals surface area contributed by atoms with Crippen molar-refractivity contribution in [3.05, 3.63) is 72.8 Å². The molecular formula is C16H17NO. The molecule has 2 nitrogen and oxygen atoms in total. The van der Waals surface area contributed by atoms with E-state index in [0.717, 1.165) is 11.4 Å². The third-order valence-corrected chi connectivity index (χ3v) is 2.79. The Labute approximate surface area is 108 Å². The molecule has 0 aliphatic carbocycles. The van der Waals surface area contributed by atoms with Crippen LogP contribution < -0.4 is 10.1 Å². The largest absolute Gasteiger partial charge is 0.497 e. The Balaban J connectivity index is 2.18. The summed E-state index contributed by atoms with van der Waals surface area (Å²) in [6, 6.07) is 18.2. The molecule has 1 atom stereocenters. The fraction of sp³-hybridized carbons (Fsp3) is 0.125. The average Bonchev–Trinajstić information content (AvgIpc) is 2.46. The lowest BCUT2D eigenvalue weighted by Gasteiger charge is -2.17. The fourth-order valence-corrected chi connectivity index (χ4v) is 1.83. The summed E-state index contributed by atoms with van der Waals surface area (Å²) in [6.07, 6.45) is 1.90. The van der Waals surface area contributed by atoms with Gasteiger partial charge in [0.25, 0.3) is 0 Å². The van der Waals surface area contributed by atoms with Crippen LogP contribution in [0.5, 0.6) is 5.75 Å². The predicted octanol–water partition coefficient (Wildman–Crippen LogP) is 4.03. The molecule has 0 spiro atoms. The Kier molecular flexibility index (Phi) is 4.02. The van der Waals surface area contributed by atoms with Crippen molar-refractivity contribution in [2.75, 3.05) is 12.4 Å². The van der Waals surface area contributed by atoms with E-state index in [1.165, 1.54) is 5.56 Å². The van der Waals surface area contributed by atoms with Crippen LogP contribution in [0.2, 0.25) is 0 Å². The highest BCUT2D eigenvalue weighted by atomic mass is 16.5. The van der Waals surface area contributed by atoms with Gasteiger partial charge in [-0.25, -0.2) is 0 Å². The van der Waals surface area contributed by atoms with Crippen molar-refractivity contribution in [2.45, 2.75) is 6.04 Å². The van der Waals surface area contributed by atoms with Gasteiger partial charge in [0.05, 0.1) is 13.2 Å². The lowest BCUT2D eigenvalue weighted by atomic mass is 10.1. The molecule has 0 fully saturated rings. The van der Waals surface area contributed by atoms with E-state index in [-0.39, 0.29) is 6.04 Å². The second-order valence-electron chi connectivity index (χ2n) is 4.00. The van der Waals surface area contributed by atoms with Crippen LogP contribution >= 0.6 is 0 Å². The molecule has 0 unspecified atom stereocenters. The van der Waals surface area contributed by atoms with Crippen LogP contribution in [0.25, 0.3) is 0 Å². The molecule has 0 saturated carbocycles. The van der Waals surface area contributed by atoms with Crippen molar-refractivity contribution in [1.82, 2.24) is 0 Å². The highest BCUT2D eigenvalue weighted by Crippen LogP contribution is 2.23. The first-order valence-corrected chi connectivity index (χ1v) is 5.91. The summed E-state index contributed by atoms with van der Waals surface area (Å²) in [7, 11) is 1.67. The van der Waals surface area contributed by atoms with E-state index >= 15 is 0 Å². The molecule has 2 aromatic rings. The zero-order valence-electron chi connectivity index (χ0n) is 10.5. The van der Waals surface area contributed by atoms with E-state index in [4.69, 9.17) is 4.74 Å². The summed E-state index contributed by atoms with van der Waals surface area (Å²) >= 11 is 0. The van der Waals surface area contributed by atoms with Crippen LogP contribution in [-0.4, -0.2) is 7.11 Å². The van der Waals surface area contributed by atoms with Crippen LogP contribution in [0.15, 0.2) is 67.3 Å². The molecule has 0 heterocycles. The van der Waals surface area contributed by atoms with E-state index in [0.29, 0.717) is 0 Å². The Bertz CT molecular complexity index is 508. The normalized spacial score (nSPS) is 11.6. The summed E-state index contributed by atoms with van der Waals surface area (Å²) < 4.78 is 5.21. The molecule has 1 N–H and O–H groups in total. The molecule has 0 saturated heterocycles. The molecule has 92 valence electrons. The van der Waals surface area contributed by atoms with Crippen molar-refractivity contribution in [3.8, 4) is 5.75 Å². The third-order valence-electron chi connectivity index (χ3n) is 2.79. The van der Waals surface area contributed by atoms with Gasteiger partial charge in [0.1, 0.15) is 5.75 Å². The molecule has 0 bridgehead atoms. The minimum atomic E-state index is 0.0957. The van der Waals surface area contributed by atoms with Crippen LogP contribution in [0.3, 0.4) is 0 Å². The first kappa shape index (κ1) is 12.2. The van der Waals surface area contributed by atoms with Crippen molar-refractivity contribution < 1.29 is 4.74 Å². The molecule has 0 aromatic heterocycles. The zero-order chi connectivity index (χ0) is 12.8. The molecule has 2 aromatic carbocycles. The second-order valence-corrected chi connectivity index (χ2v) is 4.00. The van der Waals surface area contributed by atoms with E-state index in [1.807, 2.05) is 48.5 Å². The van der Waals surface area contributed by atoms with Gasteiger partial charge in [-0.1, -0.05) is 42.5 Å². The quantitative estimate of drug-likeness (QED) is 0.795. The van der Waals surface area contributed by atoms with E-state index < -0.39 is 0 Å². The molecule has 2 rings (SSSR count). The maximum Gasteiger partial charge on any atom is 0.120 e. The molecule has 0 radical (unpaired) electrons. The van der Waals surface area contributed by atoms with Crippen molar-refractivity contribution >= 4 is 5.69 Å². The van der Waals surface area contributed by atoms with Gasteiger partial charge < -0.3 is 10.1 Å². The van der Waals surface area contributed by atoms with Gasteiger partial charge in [-0.15, -0.1) is 6.58 Å². The van der Waals surface area contributed by atoms with Crippen LogP contribution in [0.1, 0.15) is 11.6 Å². The van der Waals surface area contributed by atoms with Crippen molar-refractivity contribution in [2.24, 2.45) is 0 Å². The summed E-state index contributed by atoms with van der Waals surface area (Å²) in [6.45, 7) is 3.88. The Morgan fingerprint density at radius 1 is 1.11 bits per heavy atom. The maximum absolute atomic E-state index is 5.21. The number of methoxy groups -OCH3 is 1. The lowest BCUT2D eigenvalue weighted by Crippen LogP contribution is -2.07. The molecule has 0 aliphatic rings. The first-order chi connectivity index (χ1) is 8.83. The second kappa shape index (κ2) is 5.92. The van der Waals surface area contributed by atoms with Gasteiger partial charge in [-0.3, -0.25) is 0 Å². The molecule has 2 heteroatoms. The van der Waals surface area contributed by atoms with Gasteiger partial charge in [-0.2, -0.15) is 0 Å². The van der Waals surface area contributed by atoms with E-state index in [9.17, 15) is 0 Å². The van der Waals surface area contributed by atoms with Crippen LogP contribution in [0, 0.1) is 0 Å². The molecular weight excluding hydrogens is 222 g/mol. The first-order valence-electron chi connectivity index (χ1n) is 5.91. The third kappa shape index (κ3) is 2.92. The van der Waals surface area contributed by atoms with Crippen LogP contribution in [-0.2, 0) is 0 Å². The summed E-state index contributed by atoms with van der Waals surface area (Å²) in [5, 5.41) is 3.42. The van der Waals surface area contributed by atoms with Gasteiger partial charge in [0.15, 0.2) is 0 Å². The molecule has 18 heavy (non-hydrogen) atoms. The van der Waals surface area contributed by atoms with Gasteiger partial charge in [0.2, 0.25) is 0 Å². The number of anilines is 1. The average molecular weight is 239 g/mol. The standard InChI is InChI=1S/C16H17NO/c1-3-16(13-8-5-4-6-9-13)17-14-10-7-11-15(12-14)18-2/h3-12,16-17H,1H2,2H3/t16-/m0/s1. The number of benzene rings is 2. The number of nitrogens with one attached hydrogen (secondary N) is 1. The maximum atomic E-state index is 5.21. The van der Waals surface area contributed by atoms with Gasteiger partial charge in [-0.05, 0) is 17.7 Å². The summed E-state index contributed by atoms with van der Waals surface area (Å²) in [5.41, 5.74) is 2.21. The zero-order valence-corrected chi connectivity index (χ0v) is 10.5. The Hall–Kier alpha value is -2.22. The number of ether oxygens (including phenoxy) is 1. The van der Waals surface area contributed by atoms with Crippen molar-refractivity contribution in [3.63, 3.8) is 0 Å². The highest BCUT2D eigenvalue weighted by molar-refractivity contribution is 5.50. The van der Waals surface area contributed by atoms with E-state index in [1.54, 1.807) is 7.11 Å². The topological polar surface area (TPSA) is 21.3 Å². The van der Waals surface area contributed by atoms with Crippen LogP contribution in [0.4, 0.5) is 5.69 Å². The minimum Gasteiger partial charge on any atom is -0.497 e. The van der Waals surface area contributed by atoms with E-state index in [2.05, 4.69) is 24.0 Å². The SMILES string of the molecule is C=C[C@H](Nc1cccc(OC)c1)c1ccccc1. The number of hydrogen-bond acceptors (Lipinski definition) is 2. The fourth-order valence-electron chi connectivity index (χ4n) is 1.83. The molecule has 0 aliphatic heterocycles.